The van der Waals surface area contributed by atoms with E-state index in [4.69, 9.17) is 12.2 Å². The zero-order chi connectivity index (χ0) is 15.9. The molecule has 0 radical (unpaired) electrons. The quantitative estimate of drug-likeness (QED) is 0.506. The molecular weight excluding hydrogens is 292 g/mol. The average molecular weight is 314 g/mol. The third kappa shape index (κ3) is 4.18. The monoisotopic (exact) mass is 314 g/mol. The standard InChI is InChI=1S/C17H22N4S/c1-4-18-17(22)20-19-11-16-10-13(2)21(14(16)3)12-15-8-6-5-7-9-15/h5-11H,4,12H2,1-3H3,(H2,18,20,22). The molecule has 0 unspecified atom stereocenters. The van der Waals surface area contributed by atoms with Crippen molar-refractivity contribution in [3.8, 4) is 0 Å². The largest absolute Gasteiger partial charge is 0.362 e. The van der Waals surface area contributed by atoms with Gasteiger partial charge in [0.15, 0.2) is 5.11 Å². The van der Waals surface area contributed by atoms with Crippen LogP contribution in [0.25, 0.3) is 0 Å². The summed E-state index contributed by atoms with van der Waals surface area (Å²) in [6, 6.07) is 12.6. The van der Waals surface area contributed by atoms with E-state index in [0.29, 0.717) is 5.11 Å². The number of hydrogen-bond acceptors (Lipinski definition) is 2. The van der Waals surface area contributed by atoms with Crippen molar-refractivity contribution >= 4 is 23.5 Å². The first kappa shape index (κ1) is 16.2. The van der Waals surface area contributed by atoms with Crippen LogP contribution < -0.4 is 10.7 Å². The second-order valence-electron chi connectivity index (χ2n) is 5.13. The molecule has 5 heteroatoms. The highest BCUT2D eigenvalue weighted by atomic mass is 32.1. The van der Waals surface area contributed by atoms with E-state index in [2.05, 4.69) is 64.6 Å². The first-order valence-electron chi connectivity index (χ1n) is 7.39. The Balaban J connectivity index is 2.10. The molecule has 1 aromatic carbocycles. The maximum atomic E-state index is 5.08. The second kappa shape index (κ2) is 7.75. The molecule has 0 aliphatic rings. The van der Waals surface area contributed by atoms with Crippen LogP contribution in [0.5, 0.6) is 0 Å². The van der Waals surface area contributed by atoms with E-state index in [1.165, 1.54) is 17.0 Å². The van der Waals surface area contributed by atoms with Crippen LogP contribution in [-0.2, 0) is 6.54 Å². The summed E-state index contributed by atoms with van der Waals surface area (Å²) in [5, 5.41) is 7.73. The lowest BCUT2D eigenvalue weighted by atomic mass is 10.2. The van der Waals surface area contributed by atoms with Crippen molar-refractivity contribution in [2.24, 2.45) is 5.10 Å². The second-order valence-corrected chi connectivity index (χ2v) is 5.54. The molecule has 22 heavy (non-hydrogen) atoms. The van der Waals surface area contributed by atoms with Crippen molar-refractivity contribution in [1.29, 1.82) is 0 Å². The number of hydrazone groups is 1. The highest BCUT2D eigenvalue weighted by Gasteiger charge is 2.07. The lowest BCUT2D eigenvalue weighted by molar-refractivity contribution is 0.749. The van der Waals surface area contributed by atoms with Crippen LogP contribution in [0.3, 0.4) is 0 Å². The first-order valence-corrected chi connectivity index (χ1v) is 7.80. The van der Waals surface area contributed by atoms with Gasteiger partial charge in [-0.15, -0.1) is 0 Å². The summed E-state index contributed by atoms with van der Waals surface area (Å²) in [5.74, 6) is 0. The minimum absolute atomic E-state index is 0.539. The molecule has 0 bridgehead atoms. The molecule has 1 aromatic heterocycles. The lowest BCUT2D eigenvalue weighted by Crippen LogP contribution is -2.31. The van der Waals surface area contributed by atoms with Gasteiger partial charge in [0.25, 0.3) is 0 Å². The Hall–Kier alpha value is -2.14. The SMILES string of the molecule is CCNC(=S)NN=Cc1cc(C)n(Cc2ccccc2)c1C. The molecule has 116 valence electrons. The molecule has 2 aromatic rings. The van der Waals surface area contributed by atoms with E-state index in [9.17, 15) is 0 Å². The minimum Gasteiger partial charge on any atom is -0.362 e. The Morgan fingerprint density at radius 1 is 1.27 bits per heavy atom. The van der Waals surface area contributed by atoms with Crippen LogP contribution in [0, 0.1) is 13.8 Å². The van der Waals surface area contributed by atoms with Gasteiger partial charge in [0.2, 0.25) is 0 Å². The Kier molecular flexibility index (Phi) is 5.72. The molecular formula is C17H22N4S. The molecule has 0 amide bonds. The van der Waals surface area contributed by atoms with Gasteiger partial charge in [-0.1, -0.05) is 30.3 Å². The van der Waals surface area contributed by atoms with E-state index < -0.39 is 0 Å². The van der Waals surface area contributed by atoms with E-state index in [0.717, 1.165) is 18.7 Å². The Labute approximate surface area is 137 Å². The maximum absolute atomic E-state index is 5.08. The van der Waals surface area contributed by atoms with Crippen LogP contribution >= 0.6 is 12.2 Å². The topological polar surface area (TPSA) is 41.4 Å². The van der Waals surface area contributed by atoms with E-state index in [1.807, 2.05) is 19.2 Å². The van der Waals surface area contributed by atoms with Gasteiger partial charge in [-0.25, -0.2) is 0 Å². The minimum atomic E-state index is 0.539. The number of nitrogens with zero attached hydrogens (tertiary/aromatic N) is 2. The fraction of sp³-hybridized carbons (Fsp3) is 0.294. The van der Waals surface area contributed by atoms with E-state index >= 15 is 0 Å². The Morgan fingerprint density at radius 2 is 2.00 bits per heavy atom. The van der Waals surface area contributed by atoms with Gasteiger partial charge in [0.05, 0.1) is 6.21 Å². The van der Waals surface area contributed by atoms with Crippen molar-refractivity contribution < 1.29 is 0 Å². The van der Waals surface area contributed by atoms with Crippen LogP contribution in [0.1, 0.15) is 29.4 Å². The molecule has 0 saturated heterocycles. The normalized spacial score (nSPS) is 10.9. The zero-order valence-electron chi connectivity index (χ0n) is 13.3. The molecule has 2 N–H and O–H groups in total. The Morgan fingerprint density at radius 3 is 2.68 bits per heavy atom. The number of benzene rings is 1. The summed E-state index contributed by atoms with van der Waals surface area (Å²) < 4.78 is 2.29. The van der Waals surface area contributed by atoms with Gasteiger partial charge in [-0.05, 0) is 44.6 Å². The van der Waals surface area contributed by atoms with Crippen LogP contribution in [0.2, 0.25) is 0 Å². The van der Waals surface area contributed by atoms with Crippen molar-refractivity contribution in [3.63, 3.8) is 0 Å². The van der Waals surface area contributed by atoms with Crippen LogP contribution in [-0.4, -0.2) is 22.4 Å². The summed E-state index contributed by atoms with van der Waals surface area (Å²) >= 11 is 5.08. The van der Waals surface area contributed by atoms with Gasteiger partial charge in [-0.3, -0.25) is 5.43 Å². The van der Waals surface area contributed by atoms with Crippen molar-refractivity contribution in [3.05, 3.63) is 58.9 Å². The molecule has 0 atom stereocenters. The predicted octanol–water partition coefficient (Wildman–Crippen LogP) is 2.97. The summed E-state index contributed by atoms with van der Waals surface area (Å²) in [5.41, 5.74) is 7.62. The van der Waals surface area contributed by atoms with E-state index in [-0.39, 0.29) is 0 Å². The summed E-state index contributed by atoms with van der Waals surface area (Å²) in [4.78, 5) is 0. The molecule has 0 aliphatic carbocycles. The Bertz CT molecular complexity index is 659. The molecule has 2 rings (SSSR count). The van der Waals surface area contributed by atoms with Gasteiger partial charge < -0.3 is 9.88 Å². The highest BCUT2D eigenvalue weighted by molar-refractivity contribution is 7.80. The predicted molar refractivity (Wildman–Crippen MR) is 96.5 cm³/mol. The van der Waals surface area contributed by atoms with Gasteiger partial charge in [-0.2, -0.15) is 5.10 Å². The fourth-order valence-corrected chi connectivity index (χ4v) is 2.53. The molecule has 0 saturated carbocycles. The van der Waals surface area contributed by atoms with Gasteiger partial charge in [0.1, 0.15) is 0 Å². The maximum Gasteiger partial charge on any atom is 0.186 e. The summed E-state index contributed by atoms with van der Waals surface area (Å²) in [6.45, 7) is 7.88. The first-order chi connectivity index (χ1) is 10.6. The number of thiocarbonyl (C=S) groups is 1. The van der Waals surface area contributed by atoms with Crippen molar-refractivity contribution in [2.45, 2.75) is 27.3 Å². The summed E-state index contributed by atoms with van der Waals surface area (Å²) in [6.07, 6.45) is 1.81. The lowest BCUT2D eigenvalue weighted by Gasteiger charge is -2.09. The third-order valence-corrected chi connectivity index (χ3v) is 3.74. The van der Waals surface area contributed by atoms with Crippen molar-refractivity contribution in [2.75, 3.05) is 6.54 Å². The molecule has 4 nitrogen and oxygen atoms in total. The van der Waals surface area contributed by atoms with Gasteiger partial charge >= 0.3 is 0 Å². The number of aromatic nitrogens is 1. The van der Waals surface area contributed by atoms with E-state index in [1.54, 1.807) is 0 Å². The van der Waals surface area contributed by atoms with Crippen LogP contribution in [0.15, 0.2) is 41.5 Å². The molecule has 0 aliphatic heterocycles. The zero-order valence-corrected chi connectivity index (χ0v) is 14.1. The van der Waals surface area contributed by atoms with Crippen LogP contribution in [0.4, 0.5) is 0 Å². The smallest absolute Gasteiger partial charge is 0.186 e. The number of nitrogens with one attached hydrogen (secondary N) is 2. The average Bonchev–Trinajstić information content (AvgIpc) is 2.76. The van der Waals surface area contributed by atoms with Gasteiger partial charge in [0, 0.05) is 30.0 Å². The molecule has 1 heterocycles. The van der Waals surface area contributed by atoms with Crippen molar-refractivity contribution in [1.82, 2.24) is 15.3 Å². The highest BCUT2D eigenvalue weighted by Crippen LogP contribution is 2.15. The molecule has 0 spiro atoms. The molecule has 0 fully saturated rings. The number of aryl methyl sites for hydroxylation is 1. The summed E-state index contributed by atoms with van der Waals surface area (Å²) in [7, 11) is 0. The fourth-order valence-electron chi connectivity index (χ4n) is 2.33. The number of rotatable bonds is 5. The number of hydrogen-bond donors (Lipinski definition) is 2. The third-order valence-electron chi connectivity index (χ3n) is 3.50.